The van der Waals surface area contributed by atoms with Crippen LogP contribution in [0.3, 0.4) is 0 Å². The van der Waals surface area contributed by atoms with Gasteiger partial charge in [0.2, 0.25) is 5.91 Å². The molecule has 0 spiro atoms. The van der Waals surface area contributed by atoms with Gasteiger partial charge in [-0.05, 0) is 73.6 Å². The summed E-state index contributed by atoms with van der Waals surface area (Å²) in [6.07, 6.45) is 10.4. The minimum absolute atomic E-state index is 0.0315. The number of aromatic nitrogens is 2. The SMILES string of the molecule is CC(=O)Nc1ccc(N2C(=S)N[C@@H](c3ccccn3)[C@@H]2c2cccn2C2CCCCC2)cc1. The molecule has 6 nitrogen and oxygen atoms in total. The highest BCUT2D eigenvalue weighted by Gasteiger charge is 2.42. The maximum Gasteiger partial charge on any atom is 0.221 e. The first-order valence-electron chi connectivity index (χ1n) is 11.7. The predicted octanol–water partition coefficient (Wildman–Crippen LogP) is 5.52. The first-order chi connectivity index (χ1) is 16.1. The molecule has 2 aromatic heterocycles. The van der Waals surface area contributed by atoms with Gasteiger partial charge in [-0.15, -0.1) is 0 Å². The Bertz CT molecular complexity index is 1120. The van der Waals surface area contributed by atoms with Crippen LogP contribution in [0.1, 0.15) is 68.5 Å². The fraction of sp³-hybridized carbons (Fsp3) is 0.346. The quantitative estimate of drug-likeness (QED) is 0.492. The number of pyridine rings is 1. The summed E-state index contributed by atoms with van der Waals surface area (Å²) in [4.78, 5) is 18.3. The topological polar surface area (TPSA) is 62.2 Å². The Hall–Kier alpha value is -3.19. The third-order valence-electron chi connectivity index (χ3n) is 6.65. The van der Waals surface area contributed by atoms with Crippen molar-refractivity contribution >= 4 is 34.6 Å². The summed E-state index contributed by atoms with van der Waals surface area (Å²) < 4.78 is 2.47. The maximum absolute atomic E-state index is 11.4. The molecule has 1 aromatic carbocycles. The molecule has 2 aliphatic rings. The van der Waals surface area contributed by atoms with Gasteiger partial charge in [-0.3, -0.25) is 9.78 Å². The van der Waals surface area contributed by atoms with Crippen molar-refractivity contribution < 1.29 is 4.79 Å². The van der Waals surface area contributed by atoms with Crippen LogP contribution in [0, 0.1) is 0 Å². The molecule has 0 radical (unpaired) electrons. The Kier molecular flexibility index (Phi) is 6.13. The van der Waals surface area contributed by atoms with Crippen molar-refractivity contribution in [3.8, 4) is 0 Å². The highest BCUT2D eigenvalue weighted by molar-refractivity contribution is 7.80. The average Bonchev–Trinajstić information content (AvgIpc) is 3.45. The molecule has 2 fully saturated rings. The van der Waals surface area contributed by atoms with Crippen LogP contribution in [0.5, 0.6) is 0 Å². The molecule has 7 heteroatoms. The summed E-state index contributed by atoms with van der Waals surface area (Å²) >= 11 is 5.86. The second kappa shape index (κ2) is 9.35. The molecule has 33 heavy (non-hydrogen) atoms. The molecule has 2 N–H and O–H groups in total. The van der Waals surface area contributed by atoms with E-state index in [1.807, 2.05) is 42.6 Å². The number of amides is 1. The third-order valence-corrected chi connectivity index (χ3v) is 6.96. The normalized spacial score (nSPS) is 21.1. The summed E-state index contributed by atoms with van der Waals surface area (Å²) in [5, 5.41) is 7.07. The molecule has 1 saturated heterocycles. The lowest BCUT2D eigenvalue weighted by Gasteiger charge is -2.32. The minimum atomic E-state index is -0.0838. The zero-order valence-corrected chi connectivity index (χ0v) is 19.6. The van der Waals surface area contributed by atoms with Crippen LogP contribution in [0.4, 0.5) is 11.4 Å². The van der Waals surface area contributed by atoms with Crippen molar-refractivity contribution in [2.24, 2.45) is 0 Å². The second-order valence-corrected chi connectivity index (χ2v) is 9.24. The van der Waals surface area contributed by atoms with Crippen LogP contribution >= 0.6 is 12.2 Å². The van der Waals surface area contributed by atoms with E-state index < -0.39 is 0 Å². The zero-order chi connectivity index (χ0) is 22.8. The molecule has 0 bridgehead atoms. The summed E-state index contributed by atoms with van der Waals surface area (Å²) in [6, 6.07) is 18.7. The fourth-order valence-electron chi connectivity index (χ4n) is 5.19. The Morgan fingerprint density at radius 3 is 2.55 bits per heavy atom. The van der Waals surface area contributed by atoms with Gasteiger partial charge in [-0.25, -0.2) is 0 Å². The number of nitrogens with one attached hydrogen (secondary N) is 2. The van der Waals surface area contributed by atoms with E-state index in [2.05, 4.69) is 49.5 Å². The van der Waals surface area contributed by atoms with Gasteiger partial charge in [0.05, 0.1) is 11.7 Å². The van der Waals surface area contributed by atoms with E-state index in [0.29, 0.717) is 11.2 Å². The van der Waals surface area contributed by atoms with Gasteiger partial charge in [0, 0.05) is 42.4 Å². The summed E-state index contributed by atoms with van der Waals surface area (Å²) in [5.74, 6) is -0.0838. The molecule has 170 valence electrons. The number of carbonyl (C=O) groups excluding carboxylic acids is 1. The van der Waals surface area contributed by atoms with Crippen LogP contribution in [-0.4, -0.2) is 20.6 Å². The van der Waals surface area contributed by atoms with E-state index >= 15 is 0 Å². The molecule has 3 heterocycles. The van der Waals surface area contributed by atoms with Crippen LogP contribution in [-0.2, 0) is 4.79 Å². The number of hydrogen-bond donors (Lipinski definition) is 2. The van der Waals surface area contributed by atoms with E-state index in [-0.39, 0.29) is 18.0 Å². The molecule has 5 rings (SSSR count). The van der Waals surface area contributed by atoms with Crippen molar-refractivity contribution in [1.29, 1.82) is 0 Å². The van der Waals surface area contributed by atoms with E-state index in [4.69, 9.17) is 12.2 Å². The van der Waals surface area contributed by atoms with E-state index in [1.54, 1.807) is 0 Å². The summed E-state index contributed by atoms with van der Waals surface area (Å²) in [6.45, 7) is 1.51. The summed E-state index contributed by atoms with van der Waals surface area (Å²) in [7, 11) is 0. The smallest absolute Gasteiger partial charge is 0.221 e. The second-order valence-electron chi connectivity index (χ2n) is 8.86. The van der Waals surface area contributed by atoms with E-state index in [1.165, 1.54) is 44.7 Å². The minimum Gasteiger partial charge on any atom is -0.351 e. The molecular formula is C26H29N5OS. The van der Waals surface area contributed by atoms with Gasteiger partial charge in [0.25, 0.3) is 0 Å². The van der Waals surface area contributed by atoms with Gasteiger partial charge in [0.1, 0.15) is 6.04 Å². The van der Waals surface area contributed by atoms with Gasteiger partial charge in [-0.2, -0.15) is 0 Å². The molecule has 1 aliphatic carbocycles. The van der Waals surface area contributed by atoms with Crippen molar-refractivity contribution in [3.63, 3.8) is 0 Å². The lowest BCUT2D eigenvalue weighted by Crippen LogP contribution is -2.31. The van der Waals surface area contributed by atoms with Crippen LogP contribution in [0.15, 0.2) is 67.0 Å². The molecule has 1 aliphatic heterocycles. The van der Waals surface area contributed by atoms with E-state index in [9.17, 15) is 4.79 Å². The maximum atomic E-state index is 11.4. The standard InChI is InChI=1S/C26H29N5OS/c1-18(32)28-19-12-14-21(15-13-19)31-25(24(29-26(31)33)22-10-5-6-16-27-22)23-11-7-17-30(23)20-8-3-2-4-9-20/h5-7,10-17,20,24-25H,2-4,8-9H2,1H3,(H,28,32)(H,29,33)/t24-,25-/m0/s1. The lowest BCUT2D eigenvalue weighted by molar-refractivity contribution is -0.114. The number of carbonyl (C=O) groups is 1. The van der Waals surface area contributed by atoms with Crippen molar-refractivity contribution in [3.05, 3.63) is 78.4 Å². The Morgan fingerprint density at radius 1 is 1.06 bits per heavy atom. The number of benzene rings is 1. The van der Waals surface area contributed by atoms with Crippen LogP contribution in [0.2, 0.25) is 0 Å². The highest BCUT2D eigenvalue weighted by Crippen LogP contribution is 2.43. The van der Waals surface area contributed by atoms with Gasteiger partial charge in [-0.1, -0.05) is 25.3 Å². The molecule has 3 aromatic rings. The lowest BCUT2D eigenvalue weighted by atomic mass is 9.94. The molecule has 1 amide bonds. The number of anilines is 2. The Balaban J connectivity index is 1.56. The average molecular weight is 460 g/mol. The number of thiocarbonyl (C=S) groups is 1. The number of rotatable bonds is 5. The molecule has 2 atom stereocenters. The first kappa shape index (κ1) is 21.6. The Morgan fingerprint density at radius 2 is 1.85 bits per heavy atom. The van der Waals surface area contributed by atoms with Crippen molar-refractivity contribution in [2.75, 3.05) is 10.2 Å². The molecule has 0 unspecified atom stereocenters. The monoisotopic (exact) mass is 459 g/mol. The Labute approximate surface area is 200 Å². The largest absolute Gasteiger partial charge is 0.351 e. The number of hydrogen-bond acceptors (Lipinski definition) is 3. The van der Waals surface area contributed by atoms with Gasteiger partial charge in [0.15, 0.2) is 5.11 Å². The number of nitrogens with zero attached hydrogens (tertiary/aromatic N) is 3. The van der Waals surface area contributed by atoms with Crippen molar-refractivity contribution in [1.82, 2.24) is 14.9 Å². The third kappa shape index (κ3) is 4.37. The van der Waals surface area contributed by atoms with Crippen molar-refractivity contribution in [2.45, 2.75) is 57.2 Å². The predicted molar refractivity (Wildman–Crippen MR) is 135 cm³/mol. The molecular weight excluding hydrogens is 430 g/mol. The van der Waals surface area contributed by atoms with Gasteiger partial charge >= 0.3 is 0 Å². The fourth-order valence-corrected chi connectivity index (χ4v) is 5.54. The summed E-state index contributed by atoms with van der Waals surface area (Å²) in [5.41, 5.74) is 3.98. The first-order valence-corrected chi connectivity index (χ1v) is 12.1. The van der Waals surface area contributed by atoms with E-state index in [0.717, 1.165) is 17.1 Å². The molecule has 1 saturated carbocycles. The van der Waals surface area contributed by atoms with Gasteiger partial charge < -0.3 is 20.1 Å². The highest BCUT2D eigenvalue weighted by atomic mass is 32.1. The van der Waals surface area contributed by atoms with Crippen LogP contribution in [0.25, 0.3) is 0 Å². The van der Waals surface area contributed by atoms with Crippen LogP contribution < -0.4 is 15.5 Å². The zero-order valence-electron chi connectivity index (χ0n) is 18.8.